The predicted octanol–water partition coefficient (Wildman–Crippen LogP) is -4.84. The van der Waals surface area contributed by atoms with Gasteiger partial charge in [-0.15, -0.1) is 0 Å². The summed E-state index contributed by atoms with van der Waals surface area (Å²) in [7, 11) is 0. The summed E-state index contributed by atoms with van der Waals surface area (Å²) in [5, 5.41) is 67.4. The van der Waals surface area contributed by atoms with Crippen molar-refractivity contribution < 1.29 is 54.8 Å². The Balaban J connectivity index is 2.15. The normalized spacial score (nSPS) is 49.0. The number of carbonyl (C=O) groups excluding carboxylic acids is 1. The monoisotopic (exact) mass is 340 g/mol. The number of hydrogen-bond donors (Lipinski definition) is 7. The highest BCUT2D eigenvalue weighted by Gasteiger charge is 2.58. The molecule has 7 N–H and O–H groups in total. The summed E-state index contributed by atoms with van der Waals surface area (Å²) in [5.41, 5.74) is 0. The first-order chi connectivity index (χ1) is 10.6. The maximum absolute atomic E-state index is 11.7. The Hall–Kier alpha value is -0.890. The smallest absolute Gasteiger partial charge is 0.338 e. The van der Waals surface area contributed by atoms with E-state index in [4.69, 9.17) is 14.6 Å². The summed E-state index contributed by atoms with van der Waals surface area (Å²) >= 11 is 0. The van der Waals surface area contributed by atoms with E-state index in [1.165, 1.54) is 6.92 Å². The zero-order chi connectivity index (χ0) is 17.5. The lowest BCUT2D eigenvalue weighted by atomic mass is 9.98. The number of aliphatic hydroxyl groups excluding tert-OH is 6. The highest BCUT2D eigenvalue weighted by molar-refractivity contribution is 5.78. The van der Waals surface area contributed by atoms with Crippen molar-refractivity contribution in [2.75, 3.05) is 6.61 Å². The lowest BCUT2D eigenvalue weighted by Gasteiger charge is -2.44. The van der Waals surface area contributed by atoms with Gasteiger partial charge in [-0.05, 0) is 6.92 Å². The van der Waals surface area contributed by atoms with Crippen LogP contribution < -0.4 is 0 Å². The summed E-state index contributed by atoms with van der Waals surface area (Å²) in [6.07, 6.45) is -13.4. The number of rotatable bonds is 4. The molecular formula is C12H20O11. The van der Waals surface area contributed by atoms with Crippen LogP contribution in [0.25, 0.3) is 0 Å². The molecular weight excluding hydrogens is 320 g/mol. The standard InChI is InChI=1S/C12H20O11/c1-3-5(15)6(16)10(18)12(20,22-3)23-9-7(17)8(4(14)2-13)21-11(9)19/h3-10,13-18,20H,2H2,1H3/t3-,4+,5-,6+,7-,8-,9+,10-,12-/m1/s1. The number of ether oxygens (including phenoxy) is 3. The molecule has 2 aliphatic heterocycles. The first kappa shape index (κ1) is 18.4. The molecule has 23 heavy (non-hydrogen) atoms. The average molecular weight is 340 g/mol. The van der Waals surface area contributed by atoms with Crippen LogP contribution in [0, 0.1) is 0 Å². The molecule has 0 radical (unpaired) electrons. The van der Waals surface area contributed by atoms with Crippen molar-refractivity contribution in [2.24, 2.45) is 0 Å². The molecule has 2 rings (SSSR count). The molecule has 134 valence electrons. The van der Waals surface area contributed by atoms with Crippen molar-refractivity contribution in [3.63, 3.8) is 0 Å². The first-order valence-corrected chi connectivity index (χ1v) is 6.92. The van der Waals surface area contributed by atoms with E-state index in [1.54, 1.807) is 0 Å². The van der Waals surface area contributed by atoms with Gasteiger partial charge in [0.25, 0.3) is 0 Å². The van der Waals surface area contributed by atoms with Crippen LogP contribution in [-0.4, -0.2) is 103 Å². The van der Waals surface area contributed by atoms with Gasteiger partial charge in [-0.1, -0.05) is 0 Å². The quantitative estimate of drug-likeness (QED) is 0.192. The van der Waals surface area contributed by atoms with E-state index in [-0.39, 0.29) is 0 Å². The Kier molecular flexibility index (Phi) is 5.25. The van der Waals surface area contributed by atoms with Gasteiger partial charge in [-0.2, -0.15) is 0 Å². The van der Waals surface area contributed by atoms with Crippen LogP contribution >= 0.6 is 0 Å². The van der Waals surface area contributed by atoms with Crippen molar-refractivity contribution in [1.82, 2.24) is 0 Å². The molecule has 9 atom stereocenters. The third-order valence-corrected chi connectivity index (χ3v) is 3.88. The summed E-state index contributed by atoms with van der Waals surface area (Å²) in [6, 6.07) is 0. The van der Waals surface area contributed by atoms with Crippen molar-refractivity contribution in [2.45, 2.75) is 61.7 Å². The van der Waals surface area contributed by atoms with E-state index >= 15 is 0 Å². The highest BCUT2D eigenvalue weighted by atomic mass is 16.8. The average Bonchev–Trinajstić information content (AvgIpc) is 2.78. The first-order valence-electron chi connectivity index (χ1n) is 6.92. The van der Waals surface area contributed by atoms with Crippen LogP contribution in [0.1, 0.15) is 6.92 Å². The topological polar surface area (TPSA) is 186 Å². The number of hydrogen-bond acceptors (Lipinski definition) is 11. The fraction of sp³-hybridized carbons (Fsp3) is 0.917. The van der Waals surface area contributed by atoms with Crippen molar-refractivity contribution in [1.29, 1.82) is 0 Å². The minimum Gasteiger partial charge on any atom is -0.455 e. The molecule has 0 amide bonds. The second-order valence-corrected chi connectivity index (χ2v) is 5.56. The van der Waals surface area contributed by atoms with E-state index in [0.717, 1.165) is 0 Å². The van der Waals surface area contributed by atoms with Crippen LogP contribution in [0.5, 0.6) is 0 Å². The third-order valence-electron chi connectivity index (χ3n) is 3.88. The van der Waals surface area contributed by atoms with E-state index in [9.17, 15) is 35.4 Å². The molecule has 2 saturated heterocycles. The van der Waals surface area contributed by atoms with Gasteiger partial charge in [0.05, 0.1) is 12.7 Å². The molecule has 11 heteroatoms. The molecule has 0 saturated carbocycles. The van der Waals surface area contributed by atoms with Crippen LogP contribution in [0.4, 0.5) is 0 Å². The van der Waals surface area contributed by atoms with Gasteiger partial charge >= 0.3 is 11.9 Å². The second-order valence-electron chi connectivity index (χ2n) is 5.56. The Labute approximate surface area is 130 Å². The fourth-order valence-electron chi connectivity index (χ4n) is 2.48. The van der Waals surface area contributed by atoms with Crippen LogP contribution in [0.3, 0.4) is 0 Å². The summed E-state index contributed by atoms with van der Waals surface area (Å²) in [5.74, 6) is -4.07. The molecule has 2 fully saturated rings. The number of carbonyl (C=O) groups is 1. The molecule has 0 spiro atoms. The maximum Gasteiger partial charge on any atom is 0.338 e. The van der Waals surface area contributed by atoms with Crippen LogP contribution in [-0.2, 0) is 19.0 Å². The highest BCUT2D eigenvalue weighted by Crippen LogP contribution is 2.33. The molecule has 0 aliphatic carbocycles. The SMILES string of the molecule is C[C@H]1O[C@@](O)(O[C@@H]2C(=O)O[C@H]([C@@H](O)CO)[C@H]2O)[C@H](O)[C@@H](O)[C@@H]1O. The molecule has 0 unspecified atom stereocenters. The summed E-state index contributed by atoms with van der Waals surface area (Å²) < 4.78 is 14.4. The van der Waals surface area contributed by atoms with Gasteiger partial charge in [0.2, 0.25) is 0 Å². The molecule has 0 aromatic carbocycles. The zero-order valence-corrected chi connectivity index (χ0v) is 12.1. The van der Waals surface area contributed by atoms with E-state index in [2.05, 4.69) is 4.74 Å². The van der Waals surface area contributed by atoms with Gasteiger partial charge in [-0.25, -0.2) is 4.79 Å². The molecule has 0 bridgehead atoms. The minimum absolute atomic E-state index is 0.799. The van der Waals surface area contributed by atoms with E-state index < -0.39 is 67.4 Å². The van der Waals surface area contributed by atoms with Crippen molar-refractivity contribution in [3.8, 4) is 0 Å². The van der Waals surface area contributed by atoms with Gasteiger partial charge in [0, 0.05) is 0 Å². The molecule has 0 aromatic heterocycles. The fourth-order valence-corrected chi connectivity index (χ4v) is 2.48. The van der Waals surface area contributed by atoms with Gasteiger partial charge in [0.1, 0.15) is 24.4 Å². The molecule has 2 aliphatic rings. The van der Waals surface area contributed by atoms with Crippen molar-refractivity contribution >= 4 is 5.97 Å². The molecule has 2 heterocycles. The Morgan fingerprint density at radius 2 is 1.83 bits per heavy atom. The Morgan fingerprint density at radius 3 is 2.39 bits per heavy atom. The largest absolute Gasteiger partial charge is 0.455 e. The second kappa shape index (κ2) is 6.55. The maximum atomic E-state index is 11.7. The lowest BCUT2D eigenvalue weighted by molar-refractivity contribution is -0.453. The Morgan fingerprint density at radius 1 is 1.22 bits per heavy atom. The predicted molar refractivity (Wildman–Crippen MR) is 67.4 cm³/mol. The Bertz CT molecular complexity index is 445. The van der Waals surface area contributed by atoms with Gasteiger partial charge < -0.3 is 50.0 Å². The van der Waals surface area contributed by atoms with E-state index in [0.29, 0.717) is 0 Å². The summed E-state index contributed by atoms with van der Waals surface area (Å²) in [6.45, 7) is 0.475. The van der Waals surface area contributed by atoms with Gasteiger partial charge in [-0.3, -0.25) is 0 Å². The molecule has 0 aromatic rings. The number of cyclic esters (lactones) is 1. The van der Waals surface area contributed by atoms with Crippen molar-refractivity contribution in [3.05, 3.63) is 0 Å². The summed E-state index contributed by atoms with van der Waals surface area (Å²) in [4.78, 5) is 11.7. The van der Waals surface area contributed by atoms with Crippen LogP contribution in [0.15, 0.2) is 0 Å². The molecule has 11 nitrogen and oxygen atoms in total. The van der Waals surface area contributed by atoms with E-state index in [1.807, 2.05) is 0 Å². The lowest BCUT2D eigenvalue weighted by Crippen LogP contribution is -2.66. The third kappa shape index (κ3) is 3.20. The zero-order valence-electron chi connectivity index (χ0n) is 12.1. The minimum atomic E-state index is -2.90. The number of esters is 1. The van der Waals surface area contributed by atoms with Crippen LogP contribution in [0.2, 0.25) is 0 Å². The number of aliphatic hydroxyl groups is 7. The van der Waals surface area contributed by atoms with Gasteiger partial charge in [0.15, 0.2) is 18.3 Å².